The van der Waals surface area contributed by atoms with Crippen LogP contribution >= 0.6 is 0 Å². The van der Waals surface area contributed by atoms with Crippen LogP contribution in [0.3, 0.4) is 0 Å². The molecule has 0 aliphatic rings. The van der Waals surface area contributed by atoms with Crippen molar-refractivity contribution in [2.24, 2.45) is 0 Å². The normalized spacial score (nSPS) is 13.1. The molecule has 1 unspecified atom stereocenters. The predicted molar refractivity (Wildman–Crippen MR) is 52.4 cm³/mol. The van der Waals surface area contributed by atoms with E-state index in [-0.39, 0.29) is 6.61 Å². The maximum absolute atomic E-state index is 11.2. The highest BCUT2D eigenvalue weighted by Gasteiger charge is 2.23. The molecule has 0 rings (SSSR count). The smallest absolute Gasteiger partial charge is 0.410 e. The summed E-state index contributed by atoms with van der Waals surface area (Å²) < 4.78 is 9.65. The van der Waals surface area contributed by atoms with Gasteiger partial charge in [-0.1, -0.05) is 0 Å². The number of hydrogen-bond acceptors (Lipinski definition) is 4. The summed E-state index contributed by atoms with van der Waals surface area (Å²) in [5.74, 6) is -1.26. The average molecular weight is 219 g/mol. The van der Waals surface area contributed by atoms with Crippen molar-refractivity contribution in [3.8, 4) is 0 Å². The van der Waals surface area contributed by atoms with Crippen LogP contribution in [0.5, 0.6) is 0 Å². The Labute approximate surface area is 88.6 Å². The number of carboxylic acid groups (broad SMARTS) is 1. The van der Waals surface area contributed by atoms with Crippen LogP contribution in [-0.4, -0.2) is 35.6 Å². The van der Waals surface area contributed by atoms with Gasteiger partial charge in [0.25, 0.3) is 0 Å². The lowest BCUT2D eigenvalue weighted by atomic mass is 10.2. The van der Waals surface area contributed by atoms with E-state index in [4.69, 9.17) is 14.6 Å². The molecule has 0 aliphatic heterocycles. The molecule has 0 aromatic rings. The number of rotatable bonds is 4. The minimum absolute atomic E-state index is 0.187. The Morgan fingerprint density at radius 1 is 1.40 bits per heavy atom. The maximum Gasteiger partial charge on any atom is 0.410 e. The Bertz CT molecular complexity index is 233. The molecule has 6 nitrogen and oxygen atoms in total. The molecule has 0 aliphatic carbocycles. The summed E-state index contributed by atoms with van der Waals surface area (Å²) in [6.07, 6.45) is -2.19. The number of nitrogens with one attached hydrogen (secondary N) is 1. The summed E-state index contributed by atoms with van der Waals surface area (Å²) >= 11 is 0. The monoisotopic (exact) mass is 219 g/mol. The number of carbonyl (C=O) groups excluding carboxylic acids is 1. The molecule has 1 atom stereocenters. The molecular weight excluding hydrogens is 202 g/mol. The van der Waals surface area contributed by atoms with Crippen LogP contribution in [-0.2, 0) is 14.3 Å². The van der Waals surface area contributed by atoms with Gasteiger partial charge in [0.05, 0.1) is 0 Å². The zero-order valence-corrected chi connectivity index (χ0v) is 9.36. The molecular formula is C9H17NO5. The van der Waals surface area contributed by atoms with E-state index in [2.05, 4.69) is 5.32 Å². The molecule has 0 spiro atoms. The molecule has 1 amide bonds. The largest absolute Gasteiger partial charge is 0.478 e. The lowest BCUT2D eigenvalue weighted by molar-refractivity contribution is -0.152. The molecule has 0 saturated heterocycles. The van der Waals surface area contributed by atoms with Gasteiger partial charge in [-0.25, -0.2) is 9.59 Å². The van der Waals surface area contributed by atoms with E-state index >= 15 is 0 Å². The first-order valence-corrected chi connectivity index (χ1v) is 4.60. The molecule has 0 fully saturated rings. The highest BCUT2D eigenvalue weighted by molar-refractivity contribution is 5.78. The second-order valence-electron chi connectivity index (χ2n) is 3.82. The van der Waals surface area contributed by atoms with Gasteiger partial charge in [-0.15, -0.1) is 0 Å². The summed E-state index contributed by atoms with van der Waals surface area (Å²) in [4.78, 5) is 21.8. The molecule has 15 heavy (non-hydrogen) atoms. The van der Waals surface area contributed by atoms with Gasteiger partial charge in [0, 0.05) is 6.61 Å². The van der Waals surface area contributed by atoms with E-state index in [1.54, 1.807) is 27.7 Å². The van der Waals surface area contributed by atoms with Gasteiger partial charge in [-0.2, -0.15) is 0 Å². The van der Waals surface area contributed by atoms with Crippen molar-refractivity contribution in [1.82, 2.24) is 5.32 Å². The third-order valence-corrected chi connectivity index (χ3v) is 1.21. The molecule has 0 aromatic heterocycles. The highest BCUT2D eigenvalue weighted by atomic mass is 16.6. The second kappa shape index (κ2) is 5.55. The fourth-order valence-corrected chi connectivity index (χ4v) is 0.756. The summed E-state index contributed by atoms with van der Waals surface area (Å²) in [5.41, 5.74) is -0.667. The van der Waals surface area contributed by atoms with Gasteiger partial charge >= 0.3 is 12.1 Å². The van der Waals surface area contributed by atoms with Crippen molar-refractivity contribution in [3.05, 3.63) is 0 Å². The quantitative estimate of drug-likeness (QED) is 0.688. The first kappa shape index (κ1) is 13.7. The summed E-state index contributed by atoms with van der Waals surface area (Å²) in [6, 6.07) is 0. The molecule has 2 N–H and O–H groups in total. The molecule has 6 heteroatoms. The Balaban J connectivity index is 4.18. The minimum Gasteiger partial charge on any atom is -0.478 e. The van der Waals surface area contributed by atoms with Crippen LogP contribution in [0, 0.1) is 0 Å². The van der Waals surface area contributed by atoms with E-state index in [1.165, 1.54) is 0 Å². The highest BCUT2D eigenvalue weighted by Crippen LogP contribution is 2.06. The topological polar surface area (TPSA) is 84.9 Å². The number of hydrogen-bond donors (Lipinski definition) is 2. The van der Waals surface area contributed by atoms with Gasteiger partial charge in [-0.05, 0) is 27.7 Å². The van der Waals surface area contributed by atoms with E-state index in [1.807, 2.05) is 0 Å². The molecule has 0 heterocycles. The van der Waals surface area contributed by atoms with E-state index < -0.39 is 23.9 Å². The number of carbonyl (C=O) groups is 2. The van der Waals surface area contributed by atoms with Crippen molar-refractivity contribution in [1.29, 1.82) is 0 Å². The van der Waals surface area contributed by atoms with Crippen LogP contribution in [0.15, 0.2) is 0 Å². The predicted octanol–water partition coefficient (Wildman–Crippen LogP) is 0.958. The van der Waals surface area contributed by atoms with Crippen LogP contribution in [0.2, 0.25) is 0 Å². The minimum atomic E-state index is -1.37. The van der Waals surface area contributed by atoms with E-state index in [0.717, 1.165) is 0 Å². The first-order chi connectivity index (χ1) is 6.76. The number of carboxylic acids is 1. The zero-order chi connectivity index (χ0) is 12.1. The molecule has 0 bridgehead atoms. The van der Waals surface area contributed by atoms with Gasteiger partial charge in [0.1, 0.15) is 5.60 Å². The summed E-state index contributed by atoms with van der Waals surface area (Å²) in [7, 11) is 0. The first-order valence-electron chi connectivity index (χ1n) is 4.60. The Kier molecular flexibility index (Phi) is 5.07. The molecule has 88 valence electrons. The Morgan fingerprint density at radius 3 is 2.27 bits per heavy atom. The van der Waals surface area contributed by atoms with Gasteiger partial charge in [0.15, 0.2) is 0 Å². The standard InChI is InChI=1S/C9H17NO5/c1-5-14-6(7(11)12)10-8(13)15-9(2,3)4/h6H,5H2,1-4H3,(H,10,13)(H,11,12). The Morgan fingerprint density at radius 2 is 1.93 bits per heavy atom. The van der Waals surface area contributed by atoms with Crippen LogP contribution in [0.1, 0.15) is 27.7 Å². The average Bonchev–Trinajstić information content (AvgIpc) is 1.99. The zero-order valence-electron chi connectivity index (χ0n) is 9.36. The molecule has 0 saturated carbocycles. The lowest BCUT2D eigenvalue weighted by Crippen LogP contribution is -2.45. The number of alkyl carbamates (subject to hydrolysis) is 1. The van der Waals surface area contributed by atoms with Crippen molar-refractivity contribution in [2.75, 3.05) is 6.61 Å². The van der Waals surface area contributed by atoms with E-state index in [9.17, 15) is 9.59 Å². The number of amides is 1. The third-order valence-electron chi connectivity index (χ3n) is 1.21. The summed E-state index contributed by atoms with van der Waals surface area (Å²) in [5, 5.41) is 10.7. The van der Waals surface area contributed by atoms with Crippen molar-refractivity contribution in [3.63, 3.8) is 0 Å². The molecule has 0 aromatic carbocycles. The van der Waals surface area contributed by atoms with Crippen LogP contribution < -0.4 is 5.32 Å². The van der Waals surface area contributed by atoms with Crippen molar-refractivity contribution < 1.29 is 24.2 Å². The second-order valence-corrected chi connectivity index (χ2v) is 3.82. The number of ether oxygens (including phenoxy) is 2. The Hall–Kier alpha value is -1.30. The van der Waals surface area contributed by atoms with Gasteiger partial charge < -0.3 is 14.6 Å². The summed E-state index contributed by atoms with van der Waals surface area (Å²) in [6.45, 7) is 6.87. The van der Waals surface area contributed by atoms with E-state index in [0.29, 0.717) is 0 Å². The molecule has 0 radical (unpaired) electrons. The van der Waals surface area contributed by atoms with Crippen LogP contribution in [0.25, 0.3) is 0 Å². The van der Waals surface area contributed by atoms with Crippen molar-refractivity contribution >= 4 is 12.1 Å². The maximum atomic E-state index is 11.2. The van der Waals surface area contributed by atoms with Gasteiger partial charge in [0.2, 0.25) is 6.23 Å². The third kappa shape index (κ3) is 6.73. The lowest BCUT2D eigenvalue weighted by Gasteiger charge is -2.21. The SMILES string of the molecule is CCOC(NC(=O)OC(C)(C)C)C(=O)O. The number of aliphatic carboxylic acids is 1. The van der Waals surface area contributed by atoms with Gasteiger partial charge in [-0.3, -0.25) is 5.32 Å². The fourth-order valence-electron chi connectivity index (χ4n) is 0.756. The van der Waals surface area contributed by atoms with Crippen molar-refractivity contribution in [2.45, 2.75) is 39.5 Å². The fraction of sp³-hybridized carbons (Fsp3) is 0.778. The van der Waals surface area contributed by atoms with Crippen LogP contribution in [0.4, 0.5) is 4.79 Å².